The van der Waals surface area contributed by atoms with Crippen molar-refractivity contribution in [2.45, 2.75) is 18.9 Å². The van der Waals surface area contributed by atoms with Crippen LogP contribution in [0.5, 0.6) is 0 Å². The Kier molecular flexibility index (Phi) is 3.75. The lowest BCUT2D eigenvalue weighted by Crippen LogP contribution is -2.49. The average molecular weight is 377 g/mol. The molecule has 142 valence electrons. The van der Waals surface area contributed by atoms with E-state index in [0.29, 0.717) is 37.0 Å². The van der Waals surface area contributed by atoms with Crippen LogP contribution in [0.25, 0.3) is 11.3 Å². The van der Waals surface area contributed by atoms with Gasteiger partial charge in [0.1, 0.15) is 12.1 Å². The van der Waals surface area contributed by atoms with Crippen LogP contribution < -0.4 is 11.3 Å². The molecule has 1 amide bonds. The van der Waals surface area contributed by atoms with Crippen LogP contribution in [0.2, 0.25) is 0 Å². The third-order valence-electron chi connectivity index (χ3n) is 5.53. The van der Waals surface area contributed by atoms with Gasteiger partial charge in [-0.15, -0.1) is 0 Å². The van der Waals surface area contributed by atoms with Crippen molar-refractivity contribution in [3.63, 3.8) is 0 Å². The molecule has 2 bridgehead atoms. The van der Waals surface area contributed by atoms with Crippen molar-refractivity contribution in [2.75, 3.05) is 18.8 Å². The fraction of sp³-hybridized carbons (Fsp3) is 0.316. The number of hydrogen-bond donors (Lipinski definition) is 2. The highest BCUT2D eigenvalue weighted by molar-refractivity contribution is 5.90. The molecule has 2 aliphatic rings. The highest BCUT2D eigenvalue weighted by Crippen LogP contribution is 2.36. The summed E-state index contributed by atoms with van der Waals surface area (Å²) in [6.45, 7) is 1.80. The van der Waals surface area contributed by atoms with E-state index >= 15 is 0 Å². The lowest BCUT2D eigenvalue weighted by molar-refractivity contribution is 0.0583. The fourth-order valence-corrected chi connectivity index (χ4v) is 4.34. The van der Waals surface area contributed by atoms with Gasteiger partial charge in [-0.05, 0) is 18.4 Å². The second-order valence-electron chi connectivity index (χ2n) is 7.39. The van der Waals surface area contributed by atoms with E-state index in [0.717, 1.165) is 17.7 Å². The topological polar surface area (TPSA) is 123 Å². The van der Waals surface area contributed by atoms with E-state index < -0.39 is 0 Å². The molecule has 5 rings (SSSR count). The predicted molar refractivity (Wildman–Crippen MR) is 101 cm³/mol. The Bertz CT molecular complexity index is 1110. The van der Waals surface area contributed by atoms with Gasteiger partial charge in [-0.25, -0.2) is 15.0 Å². The summed E-state index contributed by atoms with van der Waals surface area (Å²) in [7, 11) is 0. The van der Waals surface area contributed by atoms with Gasteiger partial charge < -0.3 is 20.2 Å². The quantitative estimate of drug-likeness (QED) is 0.683. The van der Waals surface area contributed by atoms with Gasteiger partial charge in [0.25, 0.3) is 11.5 Å². The van der Waals surface area contributed by atoms with Crippen molar-refractivity contribution < 1.29 is 4.79 Å². The maximum atomic E-state index is 12.8. The molecular weight excluding hydrogens is 358 g/mol. The van der Waals surface area contributed by atoms with Crippen LogP contribution in [0, 0.1) is 5.92 Å². The van der Waals surface area contributed by atoms with Crippen molar-refractivity contribution in [3.05, 3.63) is 58.8 Å². The minimum Gasteiger partial charge on any atom is -0.384 e. The first-order valence-corrected chi connectivity index (χ1v) is 9.20. The van der Waals surface area contributed by atoms with Gasteiger partial charge in [-0.1, -0.05) is 0 Å². The lowest BCUT2D eigenvalue weighted by Gasteiger charge is -2.42. The number of nitrogens with one attached hydrogen (secondary N) is 1. The molecule has 28 heavy (non-hydrogen) atoms. The average Bonchev–Trinajstić information content (AvgIpc) is 3.23. The fourth-order valence-electron chi connectivity index (χ4n) is 4.34. The number of likely N-dealkylation sites (tertiary alicyclic amines) is 1. The highest BCUT2D eigenvalue weighted by Gasteiger charge is 2.37. The number of anilines is 1. The summed E-state index contributed by atoms with van der Waals surface area (Å²) in [6, 6.07) is 5.24. The maximum Gasteiger partial charge on any atom is 0.289 e. The summed E-state index contributed by atoms with van der Waals surface area (Å²) in [6.07, 6.45) is 5.57. The molecule has 1 saturated heterocycles. The minimum absolute atomic E-state index is 0.0507. The van der Waals surface area contributed by atoms with Crippen LogP contribution in [0.15, 0.2) is 41.7 Å². The molecule has 3 aromatic rings. The number of aromatic nitrogens is 5. The molecule has 3 aromatic heterocycles. The molecule has 0 saturated carbocycles. The van der Waals surface area contributed by atoms with Crippen molar-refractivity contribution in [1.29, 1.82) is 0 Å². The van der Waals surface area contributed by atoms with Gasteiger partial charge in [0.05, 0.1) is 5.69 Å². The van der Waals surface area contributed by atoms with Crippen molar-refractivity contribution in [2.24, 2.45) is 5.92 Å². The van der Waals surface area contributed by atoms with Gasteiger partial charge in [0.15, 0.2) is 5.82 Å². The van der Waals surface area contributed by atoms with Gasteiger partial charge in [0.2, 0.25) is 0 Å². The monoisotopic (exact) mass is 377 g/mol. The van der Waals surface area contributed by atoms with Gasteiger partial charge in [-0.2, -0.15) is 0 Å². The summed E-state index contributed by atoms with van der Waals surface area (Å²) in [5, 5.41) is 0. The zero-order valence-corrected chi connectivity index (χ0v) is 15.1. The molecule has 0 radical (unpaired) electrons. The number of nitrogens with zero attached hydrogens (tertiary/aromatic N) is 5. The molecule has 2 aliphatic heterocycles. The first-order chi connectivity index (χ1) is 13.6. The Morgan fingerprint density at radius 3 is 2.82 bits per heavy atom. The number of amides is 1. The molecule has 1 fully saturated rings. The maximum absolute atomic E-state index is 12.8. The van der Waals surface area contributed by atoms with E-state index in [1.165, 1.54) is 6.33 Å². The van der Waals surface area contributed by atoms with Crippen LogP contribution >= 0.6 is 0 Å². The Hall–Kier alpha value is -3.49. The molecule has 9 nitrogen and oxygen atoms in total. The van der Waals surface area contributed by atoms with Crippen LogP contribution in [0.3, 0.4) is 0 Å². The van der Waals surface area contributed by atoms with Gasteiger partial charge >= 0.3 is 0 Å². The van der Waals surface area contributed by atoms with E-state index in [1.807, 2.05) is 15.5 Å². The Balaban J connectivity index is 1.51. The largest absolute Gasteiger partial charge is 0.384 e. The van der Waals surface area contributed by atoms with Crippen molar-refractivity contribution in [1.82, 2.24) is 29.4 Å². The number of nitrogen functional groups attached to an aromatic ring is 1. The standard InChI is InChI=1S/C19H19N7O2/c20-16-6-14(23-10-24-16)12-4-15-13-3-11(8-26(15)17(27)5-12)7-25(9-13)19(28)18-21-1-2-22-18/h1-2,4-6,10-11,13H,3,7-9H2,(H,21,22)(H2,20,23,24)/t11-,13+/m0/s1. The van der Waals surface area contributed by atoms with Crippen molar-refractivity contribution >= 4 is 11.7 Å². The van der Waals surface area contributed by atoms with Crippen LogP contribution in [-0.4, -0.2) is 48.4 Å². The Labute approximate surface area is 160 Å². The summed E-state index contributed by atoms with van der Waals surface area (Å²) >= 11 is 0. The van der Waals surface area contributed by atoms with Gasteiger partial charge in [0, 0.05) is 61.3 Å². The number of imidazole rings is 1. The van der Waals surface area contributed by atoms with Crippen LogP contribution in [0.4, 0.5) is 5.82 Å². The minimum atomic E-state index is -0.102. The molecule has 3 N–H and O–H groups in total. The third kappa shape index (κ3) is 2.75. The van der Waals surface area contributed by atoms with Gasteiger partial charge in [-0.3, -0.25) is 9.59 Å². The zero-order valence-electron chi connectivity index (χ0n) is 15.1. The third-order valence-corrected chi connectivity index (χ3v) is 5.53. The van der Waals surface area contributed by atoms with Crippen LogP contribution in [-0.2, 0) is 6.54 Å². The number of fused-ring (bicyclic) bond motifs is 4. The molecule has 0 unspecified atom stereocenters. The zero-order chi connectivity index (χ0) is 19.3. The Morgan fingerprint density at radius 2 is 2.04 bits per heavy atom. The van der Waals surface area contributed by atoms with Crippen molar-refractivity contribution in [3.8, 4) is 11.3 Å². The summed E-state index contributed by atoms with van der Waals surface area (Å²) in [5.41, 5.74) is 7.99. The number of carbonyl (C=O) groups excluding carboxylic acids is 1. The molecular formula is C19H19N7O2. The van der Waals surface area contributed by atoms with E-state index in [-0.39, 0.29) is 23.3 Å². The van der Waals surface area contributed by atoms with E-state index in [9.17, 15) is 9.59 Å². The molecule has 0 aromatic carbocycles. The number of carbonyl (C=O) groups is 1. The number of nitrogens with two attached hydrogens (primary N) is 1. The van der Waals surface area contributed by atoms with E-state index in [2.05, 4.69) is 19.9 Å². The van der Waals surface area contributed by atoms with E-state index in [1.54, 1.807) is 24.5 Å². The summed E-state index contributed by atoms with van der Waals surface area (Å²) < 4.78 is 1.83. The number of hydrogen-bond acceptors (Lipinski definition) is 6. The number of H-pyrrole nitrogens is 1. The lowest BCUT2D eigenvalue weighted by atomic mass is 9.82. The first kappa shape index (κ1) is 16.7. The number of rotatable bonds is 2. The normalized spacial score (nSPS) is 20.6. The number of pyridine rings is 1. The Morgan fingerprint density at radius 1 is 1.14 bits per heavy atom. The molecule has 0 spiro atoms. The second-order valence-corrected chi connectivity index (χ2v) is 7.39. The second kappa shape index (κ2) is 6.29. The summed E-state index contributed by atoms with van der Waals surface area (Å²) in [4.78, 5) is 42.4. The van der Waals surface area contributed by atoms with E-state index in [4.69, 9.17) is 5.73 Å². The molecule has 5 heterocycles. The number of piperidine rings is 1. The highest BCUT2D eigenvalue weighted by atomic mass is 16.2. The SMILES string of the molecule is Nc1cc(-c2cc3n(c(=O)c2)C[C@H]2C[C@@H]3CN(C(=O)c3ncc[nH]3)C2)ncn1. The number of aromatic amines is 1. The smallest absolute Gasteiger partial charge is 0.289 e. The first-order valence-electron chi connectivity index (χ1n) is 9.20. The molecule has 0 aliphatic carbocycles. The predicted octanol–water partition coefficient (Wildman–Crippen LogP) is 0.870. The molecule has 9 heteroatoms. The summed E-state index contributed by atoms with van der Waals surface area (Å²) in [5.74, 6) is 0.954. The van der Waals surface area contributed by atoms with Crippen LogP contribution in [0.1, 0.15) is 28.7 Å². The molecule has 2 atom stereocenters.